The number of carbonyl (C=O) groups excluding carboxylic acids is 1. The number of nitrogens with zero attached hydrogens (tertiary/aromatic N) is 3. The first-order chi connectivity index (χ1) is 13.6. The largest absolute Gasteiger partial charge is 0.493 e. The van der Waals surface area contributed by atoms with Crippen molar-refractivity contribution in [3.05, 3.63) is 35.3 Å². The lowest BCUT2D eigenvalue weighted by Crippen LogP contribution is -2.37. The normalized spacial score (nSPS) is 15.1. The Morgan fingerprint density at radius 2 is 1.87 bits per heavy atom. The van der Waals surface area contributed by atoms with E-state index in [1.54, 1.807) is 21.3 Å². The van der Waals surface area contributed by atoms with Crippen LogP contribution in [0.5, 0.6) is 11.5 Å². The monoisotopic (exact) mass is 460 g/mol. The van der Waals surface area contributed by atoms with Crippen molar-refractivity contribution in [3.63, 3.8) is 0 Å². The van der Waals surface area contributed by atoms with Crippen LogP contribution in [-0.4, -0.2) is 54.1 Å². The molecule has 1 unspecified atom stereocenters. The van der Waals surface area contributed by atoms with E-state index >= 15 is 0 Å². The molecule has 2 heterocycles. The second-order valence-electron chi connectivity index (χ2n) is 6.91. The molecule has 12 heteroatoms. The molecule has 1 aromatic heterocycles. The second kappa shape index (κ2) is 9.21. The molecule has 1 atom stereocenters. The van der Waals surface area contributed by atoms with Crippen LogP contribution in [-0.2, 0) is 34.9 Å². The van der Waals surface area contributed by atoms with E-state index in [4.69, 9.17) is 15.2 Å². The lowest BCUT2D eigenvalue weighted by molar-refractivity contribution is -0.119. The summed E-state index contributed by atoms with van der Waals surface area (Å²) in [5.41, 5.74) is 7.57. The van der Waals surface area contributed by atoms with Crippen molar-refractivity contribution in [1.29, 1.82) is 0 Å². The molecule has 0 saturated carbocycles. The molecule has 1 aromatic carbocycles. The van der Waals surface area contributed by atoms with Crippen molar-refractivity contribution in [2.75, 3.05) is 20.8 Å². The van der Waals surface area contributed by atoms with Crippen LogP contribution in [0, 0.1) is 0 Å². The Kier molecular flexibility index (Phi) is 7.35. The number of halogens is 1. The number of nitrogens with two attached hydrogens (primary N) is 1. The summed E-state index contributed by atoms with van der Waals surface area (Å²) in [7, 11) is 0.289. The number of aromatic nitrogens is 2. The number of ether oxygens (including phenoxy) is 2. The summed E-state index contributed by atoms with van der Waals surface area (Å²) in [5.74, 6) is 1.05. The van der Waals surface area contributed by atoms with Gasteiger partial charge in [-0.25, -0.2) is 4.98 Å². The van der Waals surface area contributed by atoms with Crippen molar-refractivity contribution in [2.24, 2.45) is 12.8 Å². The zero-order chi connectivity index (χ0) is 21.3. The number of primary amides is 1. The molecule has 0 fully saturated rings. The number of hydrogen-bond donors (Lipinski definition) is 2. The zero-order valence-corrected chi connectivity index (χ0v) is 18.5. The molecule has 0 saturated heterocycles. The van der Waals surface area contributed by atoms with E-state index < -0.39 is 27.1 Å². The smallest absolute Gasteiger partial charge is 0.313 e. The molecule has 3 rings (SSSR count). The van der Waals surface area contributed by atoms with Gasteiger partial charge in [0.25, 0.3) is 0 Å². The number of benzene rings is 1. The van der Waals surface area contributed by atoms with E-state index in [-0.39, 0.29) is 18.8 Å². The Labute approximate surface area is 181 Å². The van der Waals surface area contributed by atoms with Crippen molar-refractivity contribution < 1.29 is 27.2 Å². The van der Waals surface area contributed by atoms with E-state index in [9.17, 15) is 17.8 Å². The van der Waals surface area contributed by atoms with Crippen LogP contribution in [0.25, 0.3) is 0 Å². The molecule has 3 N–H and O–H groups in total. The SMILES string of the molecule is COc1cc2c(cc1OC)CN(C(CC(N)=O)c1nc(S(=O)(=O)O)cn1C)CC2.Cl. The summed E-state index contributed by atoms with van der Waals surface area (Å²) in [6.45, 7) is 1.09. The van der Waals surface area contributed by atoms with Crippen molar-refractivity contribution in [1.82, 2.24) is 14.5 Å². The van der Waals surface area contributed by atoms with Gasteiger partial charge >= 0.3 is 10.1 Å². The van der Waals surface area contributed by atoms with Gasteiger partial charge in [-0.2, -0.15) is 8.42 Å². The first-order valence-corrected chi connectivity index (χ1v) is 10.3. The minimum atomic E-state index is -4.46. The van der Waals surface area contributed by atoms with Gasteiger partial charge in [-0.3, -0.25) is 14.2 Å². The minimum Gasteiger partial charge on any atom is -0.493 e. The molecule has 0 radical (unpaired) electrons. The van der Waals surface area contributed by atoms with Crippen LogP contribution in [0.3, 0.4) is 0 Å². The molecule has 1 aliphatic heterocycles. The summed E-state index contributed by atoms with van der Waals surface area (Å²) >= 11 is 0. The molecule has 0 spiro atoms. The highest BCUT2D eigenvalue weighted by molar-refractivity contribution is 7.85. The fraction of sp³-hybridized carbons (Fsp3) is 0.444. The number of rotatable bonds is 7. The number of methoxy groups -OCH3 is 2. The lowest BCUT2D eigenvalue weighted by Gasteiger charge is -2.35. The van der Waals surface area contributed by atoms with Gasteiger partial charge in [-0.05, 0) is 29.7 Å². The maximum atomic E-state index is 11.7. The van der Waals surface area contributed by atoms with Crippen LogP contribution in [0.15, 0.2) is 23.4 Å². The molecule has 10 nitrogen and oxygen atoms in total. The highest BCUT2D eigenvalue weighted by Crippen LogP contribution is 2.36. The molecule has 30 heavy (non-hydrogen) atoms. The number of imidazole rings is 1. The third kappa shape index (κ3) is 4.86. The fourth-order valence-electron chi connectivity index (χ4n) is 3.63. The Bertz CT molecular complexity index is 1040. The molecule has 2 aromatic rings. The Balaban J connectivity index is 0.00000320. The summed E-state index contributed by atoms with van der Waals surface area (Å²) in [6.07, 6.45) is 1.86. The van der Waals surface area contributed by atoms with E-state index in [2.05, 4.69) is 4.98 Å². The predicted octanol–water partition coefficient (Wildman–Crippen LogP) is 1.08. The molecule has 1 aliphatic rings. The summed E-state index contributed by atoms with van der Waals surface area (Å²) in [5, 5.41) is -0.465. The fourth-order valence-corrected chi connectivity index (χ4v) is 4.13. The number of hydrogen-bond acceptors (Lipinski definition) is 7. The van der Waals surface area contributed by atoms with Crippen molar-refractivity contribution in [3.8, 4) is 11.5 Å². The van der Waals surface area contributed by atoms with Gasteiger partial charge in [0.1, 0.15) is 5.82 Å². The van der Waals surface area contributed by atoms with Gasteiger partial charge in [0.15, 0.2) is 11.5 Å². The maximum absolute atomic E-state index is 11.7. The number of amides is 1. The quantitative estimate of drug-likeness (QED) is 0.585. The van der Waals surface area contributed by atoms with Crippen LogP contribution in [0.4, 0.5) is 0 Å². The maximum Gasteiger partial charge on any atom is 0.313 e. The number of carbonyl (C=O) groups is 1. The third-order valence-electron chi connectivity index (χ3n) is 5.04. The Morgan fingerprint density at radius 3 is 2.37 bits per heavy atom. The minimum absolute atomic E-state index is 0. The highest BCUT2D eigenvalue weighted by Gasteiger charge is 2.31. The van der Waals surface area contributed by atoms with Crippen LogP contribution >= 0.6 is 12.4 Å². The molecule has 0 aliphatic carbocycles. The molecule has 0 bridgehead atoms. The molecular formula is C18H25ClN4O6S. The summed E-state index contributed by atoms with van der Waals surface area (Å²) < 4.78 is 44.4. The lowest BCUT2D eigenvalue weighted by atomic mass is 9.96. The van der Waals surface area contributed by atoms with E-state index in [1.807, 2.05) is 17.0 Å². The van der Waals surface area contributed by atoms with Gasteiger partial charge in [-0.15, -0.1) is 12.4 Å². The predicted molar refractivity (Wildman–Crippen MR) is 110 cm³/mol. The van der Waals surface area contributed by atoms with Crippen LogP contribution < -0.4 is 15.2 Å². The molecular weight excluding hydrogens is 436 g/mol. The van der Waals surface area contributed by atoms with Crippen LogP contribution in [0.1, 0.15) is 29.4 Å². The summed E-state index contributed by atoms with van der Waals surface area (Å²) in [6, 6.07) is 3.28. The van der Waals surface area contributed by atoms with E-state index in [0.717, 1.165) is 11.1 Å². The average Bonchev–Trinajstić information content (AvgIpc) is 3.06. The Hall–Kier alpha value is -2.34. The topological polar surface area (TPSA) is 137 Å². The highest BCUT2D eigenvalue weighted by atomic mass is 35.5. The van der Waals surface area contributed by atoms with E-state index in [1.165, 1.54) is 10.8 Å². The van der Waals surface area contributed by atoms with Gasteiger partial charge in [0.2, 0.25) is 10.9 Å². The van der Waals surface area contributed by atoms with E-state index in [0.29, 0.717) is 36.8 Å². The van der Waals surface area contributed by atoms with Crippen molar-refractivity contribution >= 4 is 28.4 Å². The average molecular weight is 461 g/mol. The first-order valence-electron chi connectivity index (χ1n) is 8.91. The number of aryl methyl sites for hydroxylation is 1. The van der Waals surface area contributed by atoms with Gasteiger partial charge in [0.05, 0.1) is 20.3 Å². The number of fused-ring (bicyclic) bond motifs is 1. The van der Waals surface area contributed by atoms with Crippen molar-refractivity contribution in [2.45, 2.75) is 30.5 Å². The summed E-state index contributed by atoms with van der Waals surface area (Å²) in [4.78, 5) is 17.8. The first kappa shape index (κ1) is 23.9. The van der Waals surface area contributed by atoms with Gasteiger partial charge in [-0.1, -0.05) is 0 Å². The molecule has 1 amide bonds. The van der Waals surface area contributed by atoms with Crippen LogP contribution in [0.2, 0.25) is 0 Å². The second-order valence-corrected chi connectivity index (χ2v) is 8.27. The van der Waals surface area contributed by atoms with Gasteiger partial charge in [0, 0.05) is 32.8 Å². The Morgan fingerprint density at radius 1 is 1.27 bits per heavy atom. The zero-order valence-electron chi connectivity index (χ0n) is 16.9. The third-order valence-corrected chi connectivity index (χ3v) is 5.76. The standard InChI is InChI=1S/C18H24N4O6S.ClH/c1-21-10-17(29(24,25)26)20-18(21)13(8-16(19)23)22-5-4-11-6-14(27-2)15(28-3)7-12(11)9-22;/h6-7,10,13H,4-5,8-9H2,1-3H3,(H2,19,23)(H,24,25,26);1H. The van der Waals surface area contributed by atoms with Gasteiger partial charge < -0.3 is 19.8 Å². The molecule has 166 valence electrons.